The van der Waals surface area contributed by atoms with E-state index < -0.39 is 17.7 Å². The number of halogens is 2. The highest BCUT2D eigenvalue weighted by molar-refractivity contribution is 5.65. The Balaban J connectivity index is 1.65. The summed E-state index contributed by atoms with van der Waals surface area (Å²) in [5.41, 5.74) is 2.06. The molecule has 1 heterocycles. The molecule has 36 heavy (non-hydrogen) atoms. The van der Waals surface area contributed by atoms with E-state index in [-0.39, 0.29) is 18.0 Å². The molecule has 4 rings (SSSR count). The van der Waals surface area contributed by atoms with Crippen LogP contribution in [0.25, 0.3) is 11.3 Å². The first-order valence-electron chi connectivity index (χ1n) is 12.4. The molecule has 1 aromatic heterocycles. The van der Waals surface area contributed by atoms with E-state index in [1.54, 1.807) is 11.7 Å². The second-order valence-electron chi connectivity index (χ2n) is 10.5. The number of hydrogen-bond acceptors (Lipinski definition) is 5. The molecule has 1 aliphatic carbocycles. The third kappa shape index (κ3) is 7.12. The number of aromatic nitrogens is 2. The molecule has 1 N–H and O–H groups in total. The Bertz CT molecular complexity index is 1160. The molecule has 1 fully saturated rings. The van der Waals surface area contributed by atoms with Crippen molar-refractivity contribution < 1.29 is 23.4 Å². The van der Waals surface area contributed by atoms with Crippen LogP contribution >= 0.6 is 0 Å². The first kappa shape index (κ1) is 26.3. The van der Waals surface area contributed by atoms with Crippen molar-refractivity contribution in [2.24, 2.45) is 13.0 Å². The highest BCUT2D eigenvalue weighted by Crippen LogP contribution is 2.36. The van der Waals surface area contributed by atoms with Gasteiger partial charge in [-0.1, -0.05) is 30.3 Å². The van der Waals surface area contributed by atoms with Crippen molar-refractivity contribution >= 4 is 0 Å². The zero-order chi connectivity index (χ0) is 25.9. The summed E-state index contributed by atoms with van der Waals surface area (Å²) in [4.78, 5) is 2.19. The molecule has 0 aliphatic heterocycles. The molecular weight excluding hydrogens is 464 g/mol. The zero-order valence-electron chi connectivity index (χ0n) is 21.4. The molecule has 2 aromatic carbocycles. The Morgan fingerprint density at radius 3 is 2.50 bits per heavy atom. The lowest BCUT2D eigenvalue weighted by atomic mass is 10.1. The summed E-state index contributed by atoms with van der Waals surface area (Å²) in [6, 6.07) is 13.0. The average molecular weight is 500 g/mol. The number of benzene rings is 2. The van der Waals surface area contributed by atoms with E-state index in [0.717, 1.165) is 48.3 Å². The topological polar surface area (TPSA) is 59.8 Å². The van der Waals surface area contributed by atoms with Crippen molar-refractivity contribution in [3.63, 3.8) is 0 Å². The fourth-order valence-electron chi connectivity index (χ4n) is 4.10. The molecule has 1 atom stereocenters. The summed E-state index contributed by atoms with van der Waals surface area (Å²) in [5.74, 6) is -0.574. The third-order valence-electron chi connectivity index (χ3n) is 6.01. The number of hydrogen-bond donors (Lipinski definition) is 1. The van der Waals surface area contributed by atoms with Gasteiger partial charge in [0.25, 0.3) is 0 Å². The van der Waals surface area contributed by atoms with Crippen LogP contribution in [0, 0.1) is 17.6 Å². The number of aryl methyl sites for hydroxylation is 1. The number of nitrogens with zero attached hydrogens (tertiary/aromatic N) is 3. The van der Waals surface area contributed by atoms with Gasteiger partial charge in [0.1, 0.15) is 11.5 Å². The van der Waals surface area contributed by atoms with E-state index in [0.29, 0.717) is 24.9 Å². The van der Waals surface area contributed by atoms with E-state index in [1.165, 1.54) is 6.07 Å². The minimum Gasteiger partial charge on any atom is -0.436 e. The molecule has 0 bridgehead atoms. The molecule has 3 aromatic rings. The van der Waals surface area contributed by atoms with Crippen molar-refractivity contribution in [1.29, 1.82) is 0 Å². The highest BCUT2D eigenvalue weighted by atomic mass is 19.1. The first-order valence-corrected chi connectivity index (χ1v) is 12.4. The van der Waals surface area contributed by atoms with Crippen LogP contribution in [0.2, 0.25) is 0 Å². The molecule has 194 valence electrons. The van der Waals surface area contributed by atoms with Crippen LogP contribution in [0.5, 0.6) is 11.6 Å². The van der Waals surface area contributed by atoms with E-state index in [1.807, 2.05) is 51.1 Å². The van der Waals surface area contributed by atoms with Gasteiger partial charge in [-0.15, -0.1) is 0 Å². The first-order chi connectivity index (χ1) is 17.1. The fraction of sp³-hybridized carbons (Fsp3) is 0.464. The maximum absolute atomic E-state index is 14.5. The lowest BCUT2D eigenvalue weighted by Gasteiger charge is -2.27. The van der Waals surface area contributed by atoms with E-state index in [4.69, 9.17) is 14.6 Å². The Hall–Kier alpha value is -2.81. The van der Waals surface area contributed by atoms with Gasteiger partial charge in [0, 0.05) is 38.3 Å². The summed E-state index contributed by atoms with van der Waals surface area (Å²) in [5, 5.41) is 15.4. The predicted molar refractivity (Wildman–Crippen MR) is 135 cm³/mol. The SMILES string of the molecule is Cn1nc(-c2ccccc2)c(CN(CC(O)COC(C)(C)C)CC2CC2)c1Oc1ccc(F)cc1F. The normalized spacial score (nSPS) is 14.9. The summed E-state index contributed by atoms with van der Waals surface area (Å²) >= 11 is 0. The van der Waals surface area contributed by atoms with Crippen LogP contribution in [-0.2, 0) is 18.3 Å². The lowest BCUT2D eigenvalue weighted by molar-refractivity contribution is -0.0569. The largest absolute Gasteiger partial charge is 0.436 e. The van der Waals surface area contributed by atoms with Gasteiger partial charge in [-0.2, -0.15) is 5.10 Å². The van der Waals surface area contributed by atoms with Gasteiger partial charge < -0.3 is 14.6 Å². The van der Waals surface area contributed by atoms with Crippen LogP contribution in [0.1, 0.15) is 39.2 Å². The average Bonchev–Trinajstić information content (AvgIpc) is 3.58. The Morgan fingerprint density at radius 2 is 1.86 bits per heavy atom. The number of rotatable bonds is 11. The van der Waals surface area contributed by atoms with E-state index in [2.05, 4.69) is 4.90 Å². The summed E-state index contributed by atoms with van der Waals surface area (Å²) in [6.07, 6.45) is 1.65. The minimum absolute atomic E-state index is 0.0763. The van der Waals surface area contributed by atoms with Crippen molar-refractivity contribution in [3.05, 3.63) is 65.7 Å². The van der Waals surface area contributed by atoms with Gasteiger partial charge in [-0.25, -0.2) is 13.5 Å². The lowest BCUT2D eigenvalue weighted by Crippen LogP contribution is -2.37. The van der Waals surface area contributed by atoms with E-state index >= 15 is 0 Å². The number of ether oxygens (including phenoxy) is 2. The van der Waals surface area contributed by atoms with Crippen LogP contribution in [0.3, 0.4) is 0 Å². The third-order valence-corrected chi connectivity index (χ3v) is 6.01. The smallest absolute Gasteiger partial charge is 0.222 e. The molecule has 1 aliphatic rings. The van der Waals surface area contributed by atoms with Crippen LogP contribution in [0.15, 0.2) is 48.5 Å². The van der Waals surface area contributed by atoms with Crippen molar-refractivity contribution in [2.45, 2.75) is 51.9 Å². The fourth-order valence-corrected chi connectivity index (χ4v) is 4.10. The molecule has 6 nitrogen and oxygen atoms in total. The minimum atomic E-state index is -0.784. The van der Waals surface area contributed by atoms with Crippen molar-refractivity contribution in [2.75, 3.05) is 19.7 Å². The quantitative estimate of drug-likeness (QED) is 0.375. The highest BCUT2D eigenvalue weighted by Gasteiger charge is 2.29. The molecular formula is C28H35F2N3O3. The Labute approximate surface area is 211 Å². The number of aliphatic hydroxyl groups is 1. The predicted octanol–water partition coefficient (Wildman–Crippen LogP) is 5.55. The molecule has 0 radical (unpaired) electrons. The van der Waals surface area contributed by atoms with Crippen molar-refractivity contribution in [1.82, 2.24) is 14.7 Å². The zero-order valence-corrected chi connectivity index (χ0v) is 21.4. The summed E-state index contributed by atoms with van der Waals surface area (Å²) in [6.45, 7) is 7.79. The maximum atomic E-state index is 14.5. The summed E-state index contributed by atoms with van der Waals surface area (Å²) < 4.78 is 41.3. The Kier molecular flexibility index (Phi) is 8.07. The molecule has 1 saturated carbocycles. The van der Waals surface area contributed by atoms with Gasteiger partial charge in [0.05, 0.1) is 23.9 Å². The summed E-state index contributed by atoms with van der Waals surface area (Å²) in [7, 11) is 1.74. The van der Waals surface area contributed by atoms with Crippen molar-refractivity contribution in [3.8, 4) is 22.9 Å². The van der Waals surface area contributed by atoms with Crippen LogP contribution in [-0.4, -0.2) is 51.2 Å². The molecule has 0 amide bonds. The van der Waals surface area contributed by atoms with Gasteiger partial charge >= 0.3 is 0 Å². The maximum Gasteiger partial charge on any atom is 0.222 e. The van der Waals surface area contributed by atoms with Gasteiger partial charge in [0.15, 0.2) is 11.6 Å². The van der Waals surface area contributed by atoms with Gasteiger partial charge in [-0.3, -0.25) is 4.90 Å². The Morgan fingerprint density at radius 1 is 1.14 bits per heavy atom. The van der Waals surface area contributed by atoms with Gasteiger partial charge in [0.2, 0.25) is 5.88 Å². The van der Waals surface area contributed by atoms with Gasteiger partial charge in [-0.05, 0) is 51.7 Å². The monoisotopic (exact) mass is 499 g/mol. The second kappa shape index (κ2) is 11.1. The van der Waals surface area contributed by atoms with Crippen LogP contribution in [0.4, 0.5) is 8.78 Å². The molecule has 0 spiro atoms. The van der Waals surface area contributed by atoms with Crippen LogP contribution < -0.4 is 4.74 Å². The molecule has 8 heteroatoms. The number of aliphatic hydroxyl groups excluding tert-OH is 1. The molecule has 1 unspecified atom stereocenters. The standard InChI is InChI=1S/C28H35F2N3O3/c1-28(2,3)35-18-22(34)16-33(15-19-10-11-19)17-23-26(20-8-6-5-7-9-20)31-32(4)27(23)36-25-13-12-21(29)14-24(25)30/h5-9,12-14,19,22,34H,10-11,15-18H2,1-4H3. The van der Waals surface area contributed by atoms with E-state index in [9.17, 15) is 13.9 Å². The molecule has 0 saturated heterocycles. The second-order valence-corrected chi connectivity index (χ2v) is 10.5.